The van der Waals surface area contributed by atoms with E-state index in [1.165, 1.54) is 0 Å². The molecule has 1 atom stereocenters. The third kappa shape index (κ3) is 5.24. The zero-order valence-electron chi connectivity index (χ0n) is 10.8. The Hall–Kier alpha value is -0.140. The molecule has 1 N–H and O–H groups in total. The van der Waals surface area contributed by atoms with Crippen LogP contribution in [0, 0.1) is 3.57 Å². The molecule has 0 aliphatic heterocycles. The number of sulfonamides is 1. The smallest absolute Gasteiger partial charge is 0.208 e. The first-order chi connectivity index (χ1) is 8.45. The van der Waals surface area contributed by atoms with E-state index in [0.717, 1.165) is 29.3 Å². The molecular formula is C13H20INO2S. The summed E-state index contributed by atoms with van der Waals surface area (Å²) in [6, 6.07) is 6.88. The van der Waals surface area contributed by atoms with Gasteiger partial charge >= 0.3 is 0 Å². The second-order valence-corrected chi connectivity index (χ2v) is 7.43. The zero-order valence-corrected chi connectivity index (χ0v) is 13.8. The largest absolute Gasteiger partial charge is 0.240 e. The minimum absolute atomic E-state index is 0.0131. The Morgan fingerprint density at radius 2 is 1.83 bits per heavy atom. The lowest BCUT2D eigenvalue weighted by molar-refractivity contribution is 0.527. The maximum absolute atomic E-state index is 12.1. The standard InChI is InChI=1S/C13H20INO2S/c1-3-4-5-6-11(2)15-18(16,17)13-9-7-12(14)8-10-13/h7-11,15H,3-6H2,1-2H3. The fourth-order valence-electron chi connectivity index (χ4n) is 1.71. The Balaban J connectivity index is 2.61. The average molecular weight is 381 g/mol. The fourth-order valence-corrected chi connectivity index (χ4v) is 3.34. The van der Waals surface area contributed by atoms with Gasteiger partial charge in [0, 0.05) is 9.61 Å². The molecule has 0 saturated heterocycles. The van der Waals surface area contributed by atoms with Gasteiger partial charge in [-0.1, -0.05) is 26.2 Å². The first-order valence-corrected chi connectivity index (χ1v) is 8.80. The molecule has 0 radical (unpaired) electrons. The SMILES string of the molecule is CCCCCC(C)NS(=O)(=O)c1ccc(I)cc1. The van der Waals surface area contributed by atoms with Crippen molar-refractivity contribution >= 4 is 32.6 Å². The van der Waals surface area contributed by atoms with Crippen molar-refractivity contribution in [3.8, 4) is 0 Å². The van der Waals surface area contributed by atoms with E-state index in [1.54, 1.807) is 24.3 Å². The Morgan fingerprint density at radius 1 is 1.22 bits per heavy atom. The van der Waals surface area contributed by atoms with Crippen LogP contribution in [-0.2, 0) is 10.0 Å². The van der Waals surface area contributed by atoms with Crippen LogP contribution in [0.1, 0.15) is 39.5 Å². The predicted octanol–water partition coefficient (Wildman–Crippen LogP) is 3.54. The van der Waals surface area contributed by atoms with Gasteiger partial charge in [-0.25, -0.2) is 13.1 Å². The van der Waals surface area contributed by atoms with E-state index in [4.69, 9.17) is 0 Å². The van der Waals surface area contributed by atoms with Crippen molar-refractivity contribution in [3.63, 3.8) is 0 Å². The van der Waals surface area contributed by atoms with Crippen LogP contribution >= 0.6 is 22.6 Å². The zero-order chi connectivity index (χ0) is 13.6. The van der Waals surface area contributed by atoms with Gasteiger partial charge in [-0.15, -0.1) is 0 Å². The van der Waals surface area contributed by atoms with Crippen LogP contribution in [0.25, 0.3) is 0 Å². The summed E-state index contributed by atoms with van der Waals surface area (Å²) in [5, 5.41) is 0. The van der Waals surface area contributed by atoms with Gasteiger partial charge in [0.15, 0.2) is 0 Å². The number of halogens is 1. The van der Waals surface area contributed by atoms with Crippen molar-refractivity contribution in [2.45, 2.75) is 50.5 Å². The van der Waals surface area contributed by atoms with Gasteiger partial charge in [-0.05, 0) is 60.2 Å². The van der Waals surface area contributed by atoms with Gasteiger partial charge in [-0.3, -0.25) is 0 Å². The number of unbranched alkanes of at least 4 members (excludes halogenated alkanes) is 2. The molecular weight excluding hydrogens is 361 g/mol. The van der Waals surface area contributed by atoms with E-state index < -0.39 is 10.0 Å². The van der Waals surface area contributed by atoms with Gasteiger partial charge in [0.2, 0.25) is 10.0 Å². The molecule has 0 aliphatic carbocycles. The summed E-state index contributed by atoms with van der Waals surface area (Å²) in [6.07, 6.45) is 4.25. The van der Waals surface area contributed by atoms with E-state index in [1.807, 2.05) is 6.92 Å². The first-order valence-electron chi connectivity index (χ1n) is 6.23. The maximum atomic E-state index is 12.1. The van der Waals surface area contributed by atoms with Gasteiger partial charge < -0.3 is 0 Å². The molecule has 102 valence electrons. The lowest BCUT2D eigenvalue weighted by atomic mass is 10.1. The number of rotatable bonds is 7. The first kappa shape index (κ1) is 15.9. The summed E-state index contributed by atoms with van der Waals surface area (Å²) >= 11 is 2.16. The number of hydrogen-bond acceptors (Lipinski definition) is 2. The molecule has 18 heavy (non-hydrogen) atoms. The van der Waals surface area contributed by atoms with Crippen molar-refractivity contribution < 1.29 is 8.42 Å². The van der Waals surface area contributed by atoms with Crippen LogP contribution in [0.5, 0.6) is 0 Å². The van der Waals surface area contributed by atoms with E-state index in [-0.39, 0.29) is 6.04 Å². The van der Waals surface area contributed by atoms with E-state index in [9.17, 15) is 8.42 Å². The molecule has 0 aromatic heterocycles. The van der Waals surface area contributed by atoms with Gasteiger partial charge in [-0.2, -0.15) is 0 Å². The molecule has 0 fully saturated rings. The maximum Gasteiger partial charge on any atom is 0.240 e. The topological polar surface area (TPSA) is 46.2 Å². The minimum atomic E-state index is -3.37. The van der Waals surface area contributed by atoms with Crippen molar-refractivity contribution in [1.29, 1.82) is 0 Å². The minimum Gasteiger partial charge on any atom is -0.208 e. The molecule has 3 nitrogen and oxygen atoms in total. The monoisotopic (exact) mass is 381 g/mol. The second-order valence-electron chi connectivity index (χ2n) is 4.47. The number of nitrogens with one attached hydrogen (secondary N) is 1. The molecule has 0 saturated carbocycles. The molecule has 0 aliphatic rings. The van der Waals surface area contributed by atoms with Gasteiger partial charge in [0.1, 0.15) is 0 Å². The molecule has 1 aromatic rings. The van der Waals surface area contributed by atoms with E-state index in [0.29, 0.717) is 4.90 Å². The molecule has 1 unspecified atom stereocenters. The highest BCUT2D eigenvalue weighted by Crippen LogP contribution is 2.13. The third-order valence-electron chi connectivity index (χ3n) is 2.72. The highest BCUT2D eigenvalue weighted by Gasteiger charge is 2.16. The molecule has 0 spiro atoms. The van der Waals surface area contributed by atoms with Crippen LogP contribution in [-0.4, -0.2) is 14.5 Å². The Bertz CT molecular complexity index is 456. The third-order valence-corrected chi connectivity index (χ3v) is 5.05. The van der Waals surface area contributed by atoms with Crippen LogP contribution in [0.2, 0.25) is 0 Å². The lowest BCUT2D eigenvalue weighted by Gasteiger charge is -2.14. The molecule has 0 amide bonds. The summed E-state index contributed by atoms with van der Waals surface area (Å²) in [5.74, 6) is 0. The van der Waals surface area contributed by atoms with Crippen LogP contribution in [0.4, 0.5) is 0 Å². The van der Waals surface area contributed by atoms with Crippen molar-refractivity contribution in [2.24, 2.45) is 0 Å². The molecule has 5 heteroatoms. The number of hydrogen-bond donors (Lipinski definition) is 1. The van der Waals surface area contributed by atoms with E-state index in [2.05, 4.69) is 34.2 Å². The van der Waals surface area contributed by atoms with Crippen LogP contribution in [0.3, 0.4) is 0 Å². The Kier molecular flexibility index (Phi) is 6.59. The highest BCUT2D eigenvalue weighted by atomic mass is 127. The van der Waals surface area contributed by atoms with Crippen molar-refractivity contribution in [2.75, 3.05) is 0 Å². The summed E-state index contributed by atoms with van der Waals surface area (Å²) < 4.78 is 27.9. The number of benzene rings is 1. The molecule has 1 aromatic carbocycles. The Labute approximate surface area is 124 Å². The van der Waals surface area contributed by atoms with Gasteiger partial charge in [0.05, 0.1) is 4.90 Å². The average Bonchev–Trinajstić information content (AvgIpc) is 2.29. The normalized spacial score (nSPS) is 13.5. The summed E-state index contributed by atoms with van der Waals surface area (Å²) in [6.45, 7) is 4.06. The van der Waals surface area contributed by atoms with Crippen molar-refractivity contribution in [3.05, 3.63) is 27.8 Å². The predicted molar refractivity (Wildman–Crippen MR) is 83.1 cm³/mol. The summed E-state index contributed by atoms with van der Waals surface area (Å²) in [4.78, 5) is 0.338. The molecule has 0 bridgehead atoms. The summed E-state index contributed by atoms with van der Waals surface area (Å²) in [7, 11) is -3.37. The molecule has 0 heterocycles. The van der Waals surface area contributed by atoms with E-state index >= 15 is 0 Å². The summed E-state index contributed by atoms with van der Waals surface area (Å²) in [5.41, 5.74) is 0. The van der Waals surface area contributed by atoms with Crippen molar-refractivity contribution in [1.82, 2.24) is 4.72 Å². The highest BCUT2D eigenvalue weighted by molar-refractivity contribution is 14.1. The Morgan fingerprint density at radius 3 is 2.39 bits per heavy atom. The van der Waals surface area contributed by atoms with Gasteiger partial charge in [0.25, 0.3) is 0 Å². The fraction of sp³-hybridized carbons (Fsp3) is 0.538. The van der Waals surface area contributed by atoms with Crippen LogP contribution < -0.4 is 4.72 Å². The quantitative estimate of drug-likeness (QED) is 0.580. The lowest BCUT2D eigenvalue weighted by Crippen LogP contribution is -2.32. The van der Waals surface area contributed by atoms with Crippen LogP contribution in [0.15, 0.2) is 29.2 Å². The second kappa shape index (κ2) is 7.45. The molecule has 1 rings (SSSR count).